The van der Waals surface area contributed by atoms with Gasteiger partial charge < -0.3 is 16.2 Å². The number of nitrogens with two attached hydrogens (primary N) is 1. The van der Waals surface area contributed by atoms with Gasteiger partial charge in [-0.05, 0) is 19.3 Å². The molecule has 1 saturated carbocycles. The van der Waals surface area contributed by atoms with E-state index in [2.05, 4.69) is 5.32 Å². The summed E-state index contributed by atoms with van der Waals surface area (Å²) in [4.78, 5) is 11.6. The molecule has 4 nitrogen and oxygen atoms in total. The van der Waals surface area contributed by atoms with Gasteiger partial charge in [-0.3, -0.25) is 4.79 Å². The minimum Gasteiger partial charge on any atom is -0.396 e. The maximum Gasteiger partial charge on any atom is 0.224 e. The fourth-order valence-electron chi connectivity index (χ4n) is 1.91. The SMILES string of the molecule is NC1CCCCC1C(=O)NCCCO. The zero-order valence-corrected chi connectivity index (χ0v) is 8.54. The quantitative estimate of drug-likeness (QED) is 0.559. The van der Waals surface area contributed by atoms with Crippen molar-refractivity contribution < 1.29 is 9.90 Å². The number of aliphatic hydroxyl groups excluding tert-OH is 1. The number of hydrogen-bond acceptors (Lipinski definition) is 3. The third-order valence-corrected chi connectivity index (χ3v) is 2.79. The molecule has 1 aliphatic rings. The van der Waals surface area contributed by atoms with Crippen LogP contribution in [0.3, 0.4) is 0 Å². The molecule has 2 unspecified atom stereocenters. The highest BCUT2D eigenvalue weighted by molar-refractivity contribution is 5.79. The third kappa shape index (κ3) is 3.27. The Kier molecular flexibility index (Phi) is 4.90. The molecule has 82 valence electrons. The summed E-state index contributed by atoms with van der Waals surface area (Å²) >= 11 is 0. The first-order chi connectivity index (χ1) is 6.75. The summed E-state index contributed by atoms with van der Waals surface area (Å²) < 4.78 is 0. The molecule has 0 aromatic heterocycles. The first-order valence-corrected chi connectivity index (χ1v) is 5.40. The summed E-state index contributed by atoms with van der Waals surface area (Å²) in [5, 5.41) is 11.4. The van der Waals surface area contributed by atoms with E-state index in [0.29, 0.717) is 13.0 Å². The van der Waals surface area contributed by atoms with Gasteiger partial charge in [0.05, 0.1) is 5.92 Å². The molecule has 0 radical (unpaired) electrons. The van der Waals surface area contributed by atoms with Crippen LogP contribution in [0.4, 0.5) is 0 Å². The number of hydrogen-bond donors (Lipinski definition) is 3. The Labute approximate surface area is 84.9 Å². The maximum atomic E-state index is 11.6. The molecule has 14 heavy (non-hydrogen) atoms. The highest BCUT2D eigenvalue weighted by atomic mass is 16.3. The molecule has 0 bridgehead atoms. The normalized spacial score (nSPS) is 27.3. The van der Waals surface area contributed by atoms with Crippen molar-refractivity contribution in [2.75, 3.05) is 13.2 Å². The molecule has 4 heteroatoms. The molecule has 0 aromatic carbocycles. The van der Waals surface area contributed by atoms with Crippen LogP contribution in [0.15, 0.2) is 0 Å². The molecule has 4 N–H and O–H groups in total. The van der Waals surface area contributed by atoms with Gasteiger partial charge in [0.15, 0.2) is 0 Å². The Morgan fingerprint density at radius 1 is 1.43 bits per heavy atom. The summed E-state index contributed by atoms with van der Waals surface area (Å²) in [5.41, 5.74) is 5.87. The lowest BCUT2D eigenvalue weighted by atomic mass is 9.84. The van der Waals surface area contributed by atoms with Crippen molar-refractivity contribution in [3.63, 3.8) is 0 Å². The van der Waals surface area contributed by atoms with Crippen LogP contribution in [-0.4, -0.2) is 30.2 Å². The van der Waals surface area contributed by atoms with Gasteiger partial charge >= 0.3 is 0 Å². The van der Waals surface area contributed by atoms with Crippen LogP contribution in [0, 0.1) is 5.92 Å². The standard InChI is InChI=1S/C10H20N2O2/c11-9-5-2-1-4-8(9)10(14)12-6-3-7-13/h8-9,13H,1-7,11H2,(H,12,14). The lowest BCUT2D eigenvalue weighted by Gasteiger charge is -2.27. The average molecular weight is 200 g/mol. The summed E-state index contributed by atoms with van der Waals surface area (Å²) in [7, 11) is 0. The van der Waals surface area contributed by atoms with E-state index in [1.807, 2.05) is 0 Å². The Hall–Kier alpha value is -0.610. The number of aliphatic hydroxyl groups is 1. The van der Waals surface area contributed by atoms with Gasteiger partial charge in [-0.15, -0.1) is 0 Å². The molecule has 0 spiro atoms. The molecule has 0 aliphatic heterocycles. The van der Waals surface area contributed by atoms with Gasteiger partial charge in [-0.2, -0.15) is 0 Å². The van der Waals surface area contributed by atoms with E-state index in [-0.39, 0.29) is 24.5 Å². The largest absolute Gasteiger partial charge is 0.396 e. The van der Waals surface area contributed by atoms with Crippen LogP contribution >= 0.6 is 0 Å². The van der Waals surface area contributed by atoms with Crippen LogP contribution in [-0.2, 0) is 4.79 Å². The Balaban J connectivity index is 2.27. The minimum absolute atomic E-state index is 0.0116. The molecule has 1 rings (SSSR count). The van der Waals surface area contributed by atoms with Crippen LogP contribution in [0.1, 0.15) is 32.1 Å². The number of rotatable bonds is 4. The summed E-state index contributed by atoms with van der Waals surface area (Å²) in [6, 6.07) is 0.0258. The Bertz CT molecular complexity index is 185. The topological polar surface area (TPSA) is 75.4 Å². The van der Waals surface area contributed by atoms with Crippen molar-refractivity contribution in [3.8, 4) is 0 Å². The van der Waals surface area contributed by atoms with Crippen molar-refractivity contribution in [3.05, 3.63) is 0 Å². The van der Waals surface area contributed by atoms with E-state index in [1.54, 1.807) is 0 Å². The van der Waals surface area contributed by atoms with E-state index in [0.717, 1.165) is 25.7 Å². The van der Waals surface area contributed by atoms with Gasteiger partial charge in [0, 0.05) is 19.2 Å². The summed E-state index contributed by atoms with van der Waals surface area (Å²) in [6.07, 6.45) is 4.73. The maximum absolute atomic E-state index is 11.6. The highest BCUT2D eigenvalue weighted by Crippen LogP contribution is 2.22. The lowest BCUT2D eigenvalue weighted by Crippen LogP contribution is -2.43. The minimum atomic E-state index is -0.0116. The molecule has 2 atom stereocenters. The average Bonchev–Trinajstić information content (AvgIpc) is 2.18. The van der Waals surface area contributed by atoms with Gasteiger partial charge in [0.1, 0.15) is 0 Å². The number of amides is 1. The van der Waals surface area contributed by atoms with Crippen molar-refractivity contribution in [2.24, 2.45) is 11.7 Å². The second-order valence-electron chi connectivity index (χ2n) is 3.92. The summed E-state index contributed by atoms with van der Waals surface area (Å²) in [6.45, 7) is 0.676. The number of nitrogens with one attached hydrogen (secondary N) is 1. The van der Waals surface area contributed by atoms with E-state index in [4.69, 9.17) is 10.8 Å². The molecule has 0 heterocycles. The molecule has 1 fully saturated rings. The van der Waals surface area contributed by atoms with Crippen molar-refractivity contribution in [1.29, 1.82) is 0 Å². The molecule has 0 aromatic rings. The van der Waals surface area contributed by atoms with Crippen molar-refractivity contribution in [1.82, 2.24) is 5.32 Å². The second kappa shape index (κ2) is 5.98. The van der Waals surface area contributed by atoms with Crippen LogP contribution in [0.5, 0.6) is 0 Å². The van der Waals surface area contributed by atoms with E-state index >= 15 is 0 Å². The van der Waals surface area contributed by atoms with Crippen LogP contribution in [0.25, 0.3) is 0 Å². The van der Waals surface area contributed by atoms with E-state index in [9.17, 15) is 4.79 Å². The second-order valence-corrected chi connectivity index (χ2v) is 3.92. The number of carbonyl (C=O) groups is 1. The van der Waals surface area contributed by atoms with E-state index < -0.39 is 0 Å². The highest BCUT2D eigenvalue weighted by Gasteiger charge is 2.27. The monoisotopic (exact) mass is 200 g/mol. The predicted molar refractivity (Wildman–Crippen MR) is 54.6 cm³/mol. The predicted octanol–water partition coefficient (Wildman–Crippen LogP) is 0.00250. The van der Waals surface area contributed by atoms with Gasteiger partial charge in [-0.1, -0.05) is 12.8 Å². The zero-order chi connectivity index (χ0) is 10.4. The Morgan fingerprint density at radius 3 is 2.79 bits per heavy atom. The lowest BCUT2D eigenvalue weighted by molar-refractivity contribution is -0.126. The van der Waals surface area contributed by atoms with Crippen molar-refractivity contribution in [2.45, 2.75) is 38.1 Å². The summed E-state index contributed by atoms with van der Waals surface area (Å²) in [5.74, 6) is 0.0492. The van der Waals surface area contributed by atoms with Crippen LogP contribution in [0.2, 0.25) is 0 Å². The zero-order valence-electron chi connectivity index (χ0n) is 8.54. The fourth-order valence-corrected chi connectivity index (χ4v) is 1.91. The van der Waals surface area contributed by atoms with Crippen LogP contribution < -0.4 is 11.1 Å². The molecule has 0 saturated heterocycles. The Morgan fingerprint density at radius 2 is 2.14 bits per heavy atom. The fraction of sp³-hybridized carbons (Fsp3) is 0.900. The van der Waals surface area contributed by atoms with Gasteiger partial charge in [-0.25, -0.2) is 0 Å². The number of carbonyl (C=O) groups excluding carboxylic acids is 1. The van der Waals surface area contributed by atoms with Crippen molar-refractivity contribution >= 4 is 5.91 Å². The van der Waals surface area contributed by atoms with Gasteiger partial charge in [0.25, 0.3) is 0 Å². The molecule has 1 aliphatic carbocycles. The van der Waals surface area contributed by atoms with Gasteiger partial charge in [0.2, 0.25) is 5.91 Å². The first-order valence-electron chi connectivity index (χ1n) is 5.40. The van der Waals surface area contributed by atoms with E-state index in [1.165, 1.54) is 0 Å². The third-order valence-electron chi connectivity index (χ3n) is 2.79. The molecular formula is C10H20N2O2. The molecular weight excluding hydrogens is 180 g/mol. The smallest absolute Gasteiger partial charge is 0.224 e. The first kappa shape index (κ1) is 11.5. The molecule has 1 amide bonds.